The van der Waals surface area contributed by atoms with E-state index in [2.05, 4.69) is 26.1 Å². The van der Waals surface area contributed by atoms with Crippen LogP contribution in [0.5, 0.6) is 0 Å². The van der Waals surface area contributed by atoms with E-state index in [1.165, 1.54) is 22.7 Å². The molecule has 2 rings (SSSR count). The monoisotopic (exact) mass is 324 g/mol. The van der Waals surface area contributed by atoms with Crippen LogP contribution in [0.15, 0.2) is 29.2 Å². The van der Waals surface area contributed by atoms with Gasteiger partial charge in [-0.3, -0.25) is 0 Å². The molecule has 1 heterocycles. The first-order chi connectivity index (χ1) is 10.1. The Morgan fingerprint density at radius 2 is 2.00 bits per heavy atom. The highest BCUT2D eigenvalue weighted by Crippen LogP contribution is 2.30. The number of nitrogens with one attached hydrogen (secondary N) is 1. The van der Waals surface area contributed by atoms with Gasteiger partial charge in [-0.25, -0.2) is 9.37 Å². The molecule has 0 fully saturated rings. The maximum atomic E-state index is 12.9. The van der Waals surface area contributed by atoms with Crippen LogP contribution in [0.1, 0.15) is 42.3 Å². The maximum Gasteiger partial charge on any atom is 0.123 e. The van der Waals surface area contributed by atoms with Crippen molar-refractivity contribution in [1.29, 1.82) is 0 Å². The van der Waals surface area contributed by atoms with E-state index < -0.39 is 0 Å². The van der Waals surface area contributed by atoms with E-state index in [0.29, 0.717) is 5.92 Å². The first-order valence-corrected chi connectivity index (χ1v) is 8.98. The van der Waals surface area contributed by atoms with Gasteiger partial charge in [0.1, 0.15) is 10.8 Å². The van der Waals surface area contributed by atoms with Gasteiger partial charge < -0.3 is 5.32 Å². The standard InChI is InChI=1S/C16H21FN2S2/c1-4-18-9-14-16(11(2)3)19-15(21-14)10-20-13-7-5-12(17)6-8-13/h5-8,11,18H,4,9-10H2,1-3H3. The van der Waals surface area contributed by atoms with Crippen LogP contribution in [0.25, 0.3) is 0 Å². The Hall–Kier alpha value is -0.910. The average Bonchev–Trinajstić information content (AvgIpc) is 2.88. The minimum Gasteiger partial charge on any atom is -0.312 e. The van der Waals surface area contributed by atoms with Crippen molar-refractivity contribution in [3.63, 3.8) is 0 Å². The largest absolute Gasteiger partial charge is 0.312 e. The lowest BCUT2D eigenvalue weighted by atomic mass is 10.1. The van der Waals surface area contributed by atoms with E-state index in [1.807, 2.05) is 12.1 Å². The second kappa shape index (κ2) is 7.92. The Bertz CT molecular complexity index is 564. The fourth-order valence-electron chi connectivity index (χ4n) is 1.97. The molecule has 0 unspecified atom stereocenters. The lowest BCUT2D eigenvalue weighted by Gasteiger charge is -2.04. The minimum absolute atomic E-state index is 0.191. The average molecular weight is 324 g/mol. The number of thioether (sulfide) groups is 1. The van der Waals surface area contributed by atoms with Crippen LogP contribution in [-0.2, 0) is 12.3 Å². The topological polar surface area (TPSA) is 24.9 Å². The Kier molecular flexibility index (Phi) is 6.21. The van der Waals surface area contributed by atoms with Crippen LogP contribution in [0, 0.1) is 5.82 Å². The van der Waals surface area contributed by atoms with Crippen LogP contribution >= 0.6 is 23.1 Å². The predicted molar refractivity (Wildman–Crippen MR) is 89.5 cm³/mol. The lowest BCUT2D eigenvalue weighted by Crippen LogP contribution is -2.12. The first-order valence-electron chi connectivity index (χ1n) is 7.17. The second-order valence-electron chi connectivity index (χ2n) is 5.09. The molecule has 0 spiro atoms. The number of aromatic nitrogens is 1. The number of rotatable bonds is 7. The SMILES string of the molecule is CCNCc1sc(CSc2ccc(F)cc2)nc1C(C)C. The molecule has 0 aliphatic rings. The van der Waals surface area contributed by atoms with E-state index in [0.717, 1.165) is 28.7 Å². The summed E-state index contributed by atoms with van der Waals surface area (Å²) >= 11 is 3.48. The second-order valence-corrected chi connectivity index (χ2v) is 7.31. The third-order valence-electron chi connectivity index (χ3n) is 3.03. The summed E-state index contributed by atoms with van der Waals surface area (Å²) < 4.78 is 12.9. The zero-order chi connectivity index (χ0) is 15.2. The highest BCUT2D eigenvalue weighted by atomic mass is 32.2. The Labute approximate surface area is 134 Å². The number of halogens is 1. The summed E-state index contributed by atoms with van der Waals surface area (Å²) in [5, 5.41) is 4.51. The number of hydrogen-bond donors (Lipinski definition) is 1. The van der Waals surface area contributed by atoms with Gasteiger partial charge in [0.15, 0.2) is 0 Å². The summed E-state index contributed by atoms with van der Waals surface area (Å²) in [7, 11) is 0. The molecule has 0 aliphatic carbocycles. The maximum absolute atomic E-state index is 12.9. The number of hydrogen-bond acceptors (Lipinski definition) is 4. The minimum atomic E-state index is -0.191. The molecule has 0 amide bonds. The van der Waals surface area contributed by atoms with Gasteiger partial charge in [-0.1, -0.05) is 20.8 Å². The highest BCUT2D eigenvalue weighted by Gasteiger charge is 2.14. The van der Waals surface area contributed by atoms with Gasteiger partial charge in [0.05, 0.1) is 11.4 Å². The molecule has 1 N–H and O–H groups in total. The van der Waals surface area contributed by atoms with Crippen molar-refractivity contribution in [2.24, 2.45) is 0 Å². The van der Waals surface area contributed by atoms with Crippen molar-refractivity contribution in [1.82, 2.24) is 10.3 Å². The van der Waals surface area contributed by atoms with Gasteiger partial charge in [0.25, 0.3) is 0 Å². The molecule has 0 bridgehead atoms. The van der Waals surface area contributed by atoms with Crippen molar-refractivity contribution >= 4 is 23.1 Å². The molecule has 2 aromatic rings. The molecule has 0 saturated heterocycles. The molecular weight excluding hydrogens is 303 g/mol. The molecule has 1 aromatic carbocycles. The molecular formula is C16H21FN2S2. The first kappa shape index (κ1) is 16.5. The van der Waals surface area contributed by atoms with Crippen LogP contribution < -0.4 is 5.32 Å². The Morgan fingerprint density at radius 1 is 1.29 bits per heavy atom. The van der Waals surface area contributed by atoms with Crippen LogP contribution in [0.3, 0.4) is 0 Å². The molecule has 0 atom stereocenters. The zero-order valence-electron chi connectivity index (χ0n) is 12.6. The van der Waals surface area contributed by atoms with Gasteiger partial charge >= 0.3 is 0 Å². The van der Waals surface area contributed by atoms with Gasteiger partial charge in [-0.05, 0) is 36.7 Å². The molecule has 5 heteroatoms. The van der Waals surface area contributed by atoms with Gasteiger partial charge in [-0.2, -0.15) is 0 Å². The van der Waals surface area contributed by atoms with E-state index >= 15 is 0 Å². The van der Waals surface area contributed by atoms with Gasteiger partial charge in [0.2, 0.25) is 0 Å². The summed E-state index contributed by atoms with van der Waals surface area (Å²) in [6.45, 7) is 8.34. The van der Waals surface area contributed by atoms with Crippen molar-refractivity contribution in [2.75, 3.05) is 6.54 Å². The van der Waals surface area contributed by atoms with E-state index in [4.69, 9.17) is 4.98 Å². The van der Waals surface area contributed by atoms with E-state index in [1.54, 1.807) is 23.1 Å². The highest BCUT2D eigenvalue weighted by molar-refractivity contribution is 7.98. The summed E-state index contributed by atoms with van der Waals surface area (Å²) in [6, 6.07) is 6.63. The summed E-state index contributed by atoms with van der Waals surface area (Å²) in [4.78, 5) is 7.19. The molecule has 0 saturated carbocycles. The van der Waals surface area contributed by atoms with Crippen LogP contribution in [0.4, 0.5) is 4.39 Å². The normalized spacial score (nSPS) is 11.3. The molecule has 0 radical (unpaired) electrons. The molecule has 21 heavy (non-hydrogen) atoms. The fraction of sp³-hybridized carbons (Fsp3) is 0.438. The molecule has 2 nitrogen and oxygen atoms in total. The quantitative estimate of drug-likeness (QED) is 0.740. The number of thiazole rings is 1. The smallest absolute Gasteiger partial charge is 0.123 e. The van der Waals surface area contributed by atoms with Crippen LogP contribution in [-0.4, -0.2) is 11.5 Å². The zero-order valence-corrected chi connectivity index (χ0v) is 14.3. The molecule has 0 aliphatic heterocycles. The lowest BCUT2D eigenvalue weighted by molar-refractivity contribution is 0.626. The van der Waals surface area contributed by atoms with Crippen molar-refractivity contribution in [3.8, 4) is 0 Å². The van der Waals surface area contributed by atoms with Gasteiger partial charge in [-0.15, -0.1) is 23.1 Å². The van der Waals surface area contributed by atoms with Crippen molar-refractivity contribution in [3.05, 3.63) is 45.7 Å². The third-order valence-corrected chi connectivity index (χ3v) is 5.31. The summed E-state index contributed by atoms with van der Waals surface area (Å²) in [5.41, 5.74) is 1.20. The Morgan fingerprint density at radius 3 is 2.62 bits per heavy atom. The summed E-state index contributed by atoms with van der Waals surface area (Å²) in [6.07, 6.45) is 0. The molecule has 114 valence electrons. The van der Waals surface area contributed by atoms with Crippen molar-refractivity contribution < 1.29 is 4.39 Å². The Balaban J connectivity index is 2.04. The fourth-order valence-corrected chi connectivity index (χ4v) is 4.05. The third kappa shape index (κ3) is 4.80. The number of nitrogens with zero attached hydrogens (tertiary/aromatic N) is 1. The van der Waals surface area contributed by atoms with Crippen LogP contribution in [0.2, 0.25) is 0 Å². The number of benzene rings is 1. The predicted octanol–water partition coefficient (Wildman–Crippen LogP) is 4.81. The van der Waals surface area contributed by atoms with Gasteiger partial charge in [0, 0.05) is 16.3 Å². The summed E-state index contributed by atoms with van der Waals surface area (Å²) in [5.74, 6) is 1.09. The van der Waals surface area contributed by atoms with Crippen molar-refractivity contribution in [2.45, 2.75) is 43.9 Å². The van der Waals surface area contributed by atoms with E-state index in [-0.39, 0.29) is 5.82 Å². The van der Waals surface area contributed by atoms with E-state index in [9.17, 15) is 4.39 Å². The molecule has 1 aromatic heterocycles.